The lowest BCUT2D eigenvalue weighted by molar-refractivity contribution is 0.976. The lowest BCUT2D eigenvalue weighted by Gasteiger charge is -1.86. The molecule has 0 aromatic rings. The maximum absolute atomic E-state index is 3.35. The Balaban J connectivity index is 3.03. The first kappa shape index (κ1) is 8.70. The highest BCUT2D eigenvalue weighted by Gasteiger charge is 1.80. The third-order valence-electron chi connectivity index (χ3n) is 0.763. The summed E-state index contributed by atoms with van der Waals surface area (Å²) in [4.78, 5) is 0. The van der Waals surface area contributed by atoms with Crippen LogP contribution in [0.5, 0.6) is 0 Å². The van der Waals surface area contributed by atoms with Gasteiger partial charge in [0.15, 0.2) is 0 Å². The molecule has 0 radical (unpaired) electrons. The molecule has 0 N–H and O–H groups in total. The van der Waals surface area contributed by atoms with Gasteiger partial charge in [0.1, 0.15) is 0 Å². The Kier molecular flexibility index (Phi) is 6.34. The van der Waals surface area contributed by atoms with E-state index in [0.717, 1.165) is 5.33 Å². The standard InChI is InChI=1S/C6H10Br2/c1-6(8)4-2-3-5-7/h4H,2-3,5H2,1H3. The molecule has 0 amide bonds. The van der Waals surface area contributed by atoms with Crippen molar-refractivity contribution in [3.63, 3.8) is 0 Å². The molecule has 0 nitrogen and oxygen atoms in total. The lowest BCUT2D eigenvalue weighted by Crippen LogP contribution is -1.70. The number of unbranched alkanes of at least 4 members (excludes halogenated alkanes) is 1. The first-order chi connectivity index (χ1) is 3.77. The number of rotatable bonds is 3. The Morgan fingerprint density at radius 3 is 2.62 bits per heavy atom. The monoisotopic (exact) mass is 240 g/mol. The molecular formula is C6H10Br2. The van der Waals surface area contributed by atoms with Crippen LogP contribution in [0.25, 0.3) is 0 Å². The van der Waals surface area contributed by atoms with Crippen molar-refractivity contribution in [1.82, 2.24) is 0 Å². The molecule has 0 aliphatic carbocycles. The highest BCUT2D eigenvalue weighted by molar-refractivity contribution is 9.11. The molecule has 0 saturated heterocycles. The Morgan fingerprint density at radius 1 is 1.62 bits per heavy atom. The van der Waals surface area contributed by atoms with E-state index in [1.54, 1.807) is 0 Å². The van der Waals surface area contributed by atoms with Crippen molar-refractivity contribution in [1.29, 1.82) is 0 Å². The summed E-state index contributed by atoms with van der Waals surface area (Å²) in [7, 11) is 0. The number of hydrogen-bond acceptors (Lipinski definition) is 0. The van der Waals surface area contributed by atoms with E-state index >= 15 is 0 Å². The van der Waals surface area contributed by atoms with Gasteiger partial charge in [0.25, 0.3) is 0 Å². The van der Waals surface area contributed by atoms with E-state index in [-0.39, 0.29) is 0 Å². The smallest absolute Gasteiger partial charge is 0.00342 e. The fourth-order valence-electron chi connectivity index (χ4n) is 0.378. The van der Waals surface area contributed by atoms with Crippen molar-refractivity contribution in [2.45, 2.75) is 19.8 Å². The summed E-state index contributed by atoms with van der Waals surface area (Å²) >= 11 is 6.71. The van der Waals surface area contributed by atoms with Gasteiger partial charge >= 0.3 is 0 Å². The van der Waals surface area contributed by atoms with E-state index in [1.807, 2.05) is 6.92 Å². The fourth-order valence-corrected chi connectivity index (χ4v) is 0.931. The summed E-state index contributed by atoms with van der Waals surface area (Å²) in [5.41, 5.74) is 0. The van der Waals surface area contributed by atoms with E-state index in [0.29, 0.717) is 0 Å². The predicted molar refractivity (Wildman–Crippen MR) is 45.7 cm³/mol. The SMILES string of the molecule is CC(Br)=CCCCBr. The molecule has 0 rings (SSSR count). The second-order valence-electron chi connectivity index (χ2n) is 1.62. The van der Waals surface area contributed by atoms with Crippen molar-refractivity contribution in [2.24, 2.45) is 0 Å². The highest BCUT2D eigenvalue weighted by Crippen LogP contribution is 2.05. The summed E-state index contributed by atoms with van der Waals surface area (Å²) in [5.74, 6) is 0. The molecule has 2 heteroatoms. The van der Waals surface area contributed by atoms with Gasteiger partial charge in [0, 0.05) is 5.33 Å². The Hall–Kier alpha value is 0.700. The van der Waals surface area contributed by atoms with Crippen LogP contribution in [0.3, 0.4) is 0 Å². The van der Waals surface area contributed by atoms with Crippen molar-refractivity contribution in [2.75, 3.05) is 5.33 Å². The minimum absolute atomic E-state index is 1.10. The van der Waals surface area contributed by atoms with E-state index in [4.69, 9.17) is 0 Å². The molecule has 0 spiro atoms. The first-order valence-electron chi connectivity index (χ1n) is 2.65. The van der Waals surface area contributed by atoms with Gasteiger partial charge in [0.2, 0.25) is 0 Å². The quantitative estimate of drug-likeness (QED) is 0.525. The molecular weight excluding hydrogens is 232 g/mol. The molecule has 0 saturated carbocycles. The van der Waals surface area contributed by atoms with E-state index in [1.165, 1.54) is 17.3 Å². The topological polar surface area (TPSA) is 0 Å². The summed E-state index contributed by atoms with van der Waals surface area (Å²) in [6.45, 7) is 2.05. The number of halogens is 2. The lowest BCUT2D eigenvalue weighted by atomic mass is 10.3. The molecule has 0 bridgehead atoms. The maximum Gasteiger partial charge on any atom is 0.00342 e. The number of alkyl halides is 1. The number of hydrogen-bond donors (Lipinski definition) is 0. The van der Waals surface area contributed by atoms with Crippen LogP contribution < -0.4 is 0 Å². The third-order valence-corrected chi connectivity index (χ3v) is 1.65. The number of allylic oxidation sites excluding steroid dienone is 2. The van der Waals surface area contributed by atoms with Crippen LogP contribution >= 0.6 is 31.9 Å². The van der Waals surface area contributed by atoms with Gasteiger partial charge in [0.05, 0.1) is 0 Å². The van der Waals surface area contributed by atoms with Crippen molar-refractivity contribution >= 4 is 31.9 Å². The molecule has 8 heavy (non-hydrogen) atoms. The van der Waals surface area contributed by atoms with E-state index < -0.39 is 0 Å². The summed E-state index contributed by atoms with van der Waals surface area (Å²) < 4.78 is 1.23. The molecule has 0 fully saturated rings. The van der Waals surface area contributed by atoms with Gasteiger partial charge in [-0.25, -0.2) is 0 Å². The zero-order chi connectivity index (χ0) is 6.41. The Bertz CT molecular complexity index is 72.6. The largest absolute Gasteiger partial charge is 0.0928 e. The van der Waals surface area contributed by atoms with Crippen LogP contribution in [0.4, 0.5) is 0 Å². The first-order valence-corrected chi connectivity index (χ1v) is 4.57. The second-order valence-corrected chi connectivity index (χ2v) is 3.67. The summed E-state index contributed by atoms with van der Waals surface area (Å²) in [6.07, 6.45) is 4.58. The molecule has 0 aliphatic rings. The van der Waals surface area contributed by atoms with Crippen molar-refractivity contribution < 1.29 is 0 Å². The van der Waals surface area contributed by atoms with Crippen LogP contribution in [0, 0.1) is 0 Å². The molecule has 0 aliphatic heterocycles. The molecule has 0 heterocycles. The van der Waals surface area contributed by atoms with Crippen LogP contribution in [-0.4, -0.2) is 5.33 Å². The maximum atomic E-state index is 3.35. The van der Waals surface area contributed by atoms with Crippen LogP contribution in [0.2, 0.25) is 0 Å². The van der Waals surface area contributed by atoms with Gasteiger partial charge in [-0.3, -0.25) is 0 Å². The average Bonchev–Trinajstić information content (AvgIpc) is 1.66. The summed E-state index contributed by atoms with van der Waals surface area (Å²) in [6, 6.07) is 0. The average molecular weight is 242 g/mol. The summed E-state index contributed by atoms with van der Waals surface area (Å²) in [5, 5.41) is 1.10. The van der Waals surface area contributed by atoms with Crippen LogP contribution in [0.1, 0.15) is 19.8 Å². The predicted octanol–water partition coefficient (Wildman–Crippen LogP) is 3.46. The van der Waals surface area contributed by atoms with Crippen LogP contribution in [-0.2, 0) is 0 Å². The third kappa shape index (κ3) is 6.70. The Morgan fingerprint density at radius 2 is 2.25 bits per heavy atom. The van der Waals surface area contributed by atoms with E-state index in [9.17, 15) is 0 Å². The molecule has 0 atom stereocenters. The highest BCUT2D eigenvalue weighted by atomic mass is 79.9. The van der Waals surface area contributed by atoms with Gasteiger partial charge in [-0.05, 0) is 24.2 Å². The second kappa shape index (κ2) is 5.83. The van der Waals surface area contributed by atoms with Crippen molar-refractivity contribution in [3.8, 4) is 0 Å². The van der Waals surface area contributed by atoms with Crippen molar-refractivity contribution in [3.05, 3.63) is 10.6 Å². The van der Waals surface area contributed by atoms with Crippen LogP contribution in [0.15, 0.2) is 10.6 Å². The van der Waals surface area contributed by atoms with Gasteiger partial charge in [-0.1, -0.05) is 37.9 Å². The van der Waals surface area contributed by atoms with Gasteiger partial charge in [-0.2, -0.15) is 0 Å². The molecule has 0 aromatic heterocycles. The minimum atomic E-state index is 1.10. The molecule has 0 aromatic carbocycles. The van der Waals surface area contributed by atoms with Gasteiger partial charge < -0.3 is 0 Å². The normalized spacial score (nSPS) is 12.1. The molecule has 48 valence electrons. The molecule has 0 unspecified atom stereocenters. The Labute approximate surface area is 67.6 Å². The zero-order valence-corrected chi connectivity index (χ0v) is 8.13. The minimum Gasteiger partial charge on any atom is -0.0928 e. The fraction of sp³-hybridized carbons (Fsp3) is 0.667. The van der Waals surface area contributed by atoms with E-state index in [2.05, 4.69) is 37.9 Å². The zero-order valence-electron chi connectivity index (χ0n) is 4.95. The van der Waals surface area contributed by atoms with Gasteiger partial charge in [-0.15, -0.1) is 0 Å².